The highest BCUT2D eigenvalue weighted by molar-refractivity contribution is 5.38. The summed E-state index contributed by atoms with van der Waals surface area (Å²) in [4.78, 5) is 0. The van der Waals surface area contributed by atoms with Crippen LogP contribution in [0, 0.1) is 0 Å². The Morgan fingerprint density at radius 3 is 2.05 bits per heavy atom. The van der Waals surface area contributed by atoms with Crippen molar-refractivity contribution in [1.82, 2.24) is 5.32 Å². The SMILES string of the molecule is COc1cc(CNCC(F)(F)C(F)F)cc(OC)c1. The Labute approximate surface area is 108 Å². The van der Waals surface area contributed by atoms with E-state index in [1.807, 2.05) is 0 Å². The van der Waals surface area contributed by atoms with Crippen molar-refractivity contribution in [3.8, 4) is 11.5 Å². The molecule has 0 aliphatic heterocycles. The molecule has 0 unspecified atom stereocenters. The molecule has 0 heterocycles. The molecule has 0 amide bonds. The van der Waals surface area contributed by atoms with E-state index in [9.17, 15) is 17.6 Å². The van der Waals surface area contributed by atoms with Crippen molar-refractivity contribution in [1.29, 1.82) is 0 Å². The van der Waals surface area contributed by atoms with Crippen molar-refractivity contribution >= 4 is 0 Å². The second-order valence-electron chi connectivity index (χ2n) is 3.89. The quantitative estimate of drug-likeness (QED) is 0.779. The molecule has 108 valence electrons. The summed E-state index contributed by atoms with van der Waals surface area (Å²) in [6.45, 7) is -1.08. The van der Waals surface area contributed by atoms with E-state index in [4.69, 9.17) is 9.47 Å². The van der Waals surface area contributed by atoms with Gasteiger partial charge in [0.2, 0.25) is 0 Å². The Hall–Kier alpha value is -1.50. The van der Waals surface area contributed by atoms with Crippen molar-refractivity contribution in [2.45, 2.75) is 18.9 Å². The Morgan fingerprint density at radius 1 is 1.11 bits per heavy atom. The summed E-state index contributed by atoms with van der Waals surface area (Å²) in [5, 5.41) is 2.28. The topological polar surface area (TPSA) is 30.5 Å². The molecule has 1 aromatic rings. The fourth-order valence-electron chi connectivity index (χ4n) is 1.42. The third kappa shape index (κ3) is 4.59. The zero-order valence-electron chi connectivity index (χ0n) is 10.6. The first-order valence-electron chi connectivity index (χ1n) is 5.47. The molecule has 0 atom stereocenters. The van der Waals surface area contributed by atoms with Crippen LogP contribution >= 0.6 is 0 Å². The molecule has 0 aliphatic rings. The average Bonchev–Trinajstić information content (AvgIpc) is 2.37. The third-order valence-electron chi connectivity index (χ3n) is 2.42. The highest BCUT2D eigenvalue weighted by Gasteiger charge is 2.39. The summed E-state index contributed by atoms with van der Waals surface area (Å²) in [5.41, 5.74) is 0.598. The minimum absolute atomic E-state index is 0.00979. The number of hydrogen-bond acceptors (Lipinski definition) is 3. The standard InChI is InChI=1S/C12H15F4NO2/c1-18-9-3-8(4-10(5-9)19-2)6-17-7-12(15,16)11(13)14/h3-5,11,17H,6-7H2,1-2H3. The van der Waals surface area contributed by atoms with Crippen LogP contribution in [0.3, 0.4) is 0 Å². The minimum Gasteiger partial charge on any atom is -0.497 e. The average molecular weight is 281 g/mol. The lowest BCUT2D eigenvalue weighted by atomic mass is 10.2. The van der Waals surface area contributed by atoms with Crippen molar-refractivity contribution in [2.24, 2.45) is 0 Å². The maximum absolute atomic E-state index is 12.7. The van der Waals surface area contributed by atoms with Crippen LogP contribution in [0.25, 0.3) is 0 Å². The molecule has 7 heteroatoms. The van der Waals surface area contributed by atoms with Gasteiger partial charge in [0.15, 0.2) is 0 Å². The van der Waals surface area contributed by atoms with Gasteiger partial charge in [-0.05, 0) is 17.7 Å². The van der Waals surface area contributed by atoms with E-state index in [0.717, 1.165) is 0 Å². The molecule has 0 aliphatic carbocycles. The number of ether oxygens (including phenoxy) is 2. The smallest absolute Gasteiger partial charge is 0.319 e. The highest BCUT2D eigenvalue weighted by atomic mass is 19.3. The van der Waals surface area contributed by atoms with Gasteiger partial charge in [0.1, 0.15) is 11.5 Å². The Morgan fingerprint density at radius 2 is 1.63 bits per heavy atom. The van der Waals surface area contributed by atoms with Gasteiger partial charge in [0.25, 0.3) is 0 Å². The Kier molecular flexibility index (Phi) is 5.41. The van der Waals surface area contributed by atoms with Crippen LogP contribution in [0.2, 0.25) is 0 Å². The van der Waals surface area contributed by atoms with Gasteiger partial charge in [-0.2, -0.15) is 8.78 Å². The molecule has 19 heavy (non-hydrogen) atoms. The van der Waals surface area contributed by atoms with Gasteiger partial charge in [-0.25, -0.2) is 8.78 Å². The van der Waals surface area contributed by atoms with Crippen molar-refractivity contribution < 1.29 is 27.0 Å². The van der Waals surface area contributed by atoms with E-state index < -0.39 is 18.9 Å². The van der Waals surface area contributed by atoms with Crippen LogP contribution in [-0.4, -0.2) is 33.1 Å². The fraction of sp³-hybridized carbons (Fsp3) is 0.500. The van der Waals surface area contributed by atoms with E-state index in [1.165, 1.54) is 14.2 Å². The molecule has 0 bridgehead atoms. The molecule has 0 saturated heterocycles. The Balaban J connectivity index is 2.62. The van der Waals surface area contributed by atoms with E-state index in [-0.39, 0.29) is 6.54 Å². The molecule has 1 aromatic carbocycles. The van der Waals surface area contributed by atoms with Gasteiger partial charge in [-0.3, -0.25) is 0 Å². The van der Waals surface area contributed by atoms with Crippen LogP contribution in [0.5, 0.6) is 11.5 Å². The van der Waals surface area contributed by atoms with Gasteiger partial charge in [0.05, 0.1) is 20.8 Å². The van der Waals surface area contributed by atoms with Crippen molar-refractivity contribution in [2.75, 3.05) is 20.8 Å². The molecular weight excluding hydrogens is 266 g/mol. The number of hydrogen-bond donors (Lipinski definition) is 1. The van der Waals surface area contributed by atoms with E-state index >= 15 is 0 Å². The van der Waals surface area contributed by atoms with E-state index in [2.05, 4.69) is 5.32 Å². The number of alkyl halides is 4. The third-order valence-corrected chi connectivity index (χ3v) is 2.42. The lowest BCUT2D eigenvalue weighted by Crippen LogP contribution is -2.38. The van der Waals surface area contributed by atoms with Crippen molar-refractivity contribution in [3.05, 3.63) is 23.8 Å². The van der Waals surface area contributed by atoms with Crippen LogP contribution in [0.1, 0.15) is 5.56 Å². The molecule has 0 aromatic heterocycles. The summed E-state index contributed by atoms with van der Waals surface area (Å²) in [7, 11) is 2.91. The summed E-state index contributed by atoms with van der Waals surface area (Å²) < 4.78 is 59.3. The largest absolute Gasteiger partial charge is 0.497 e. The van der Waals surface area contributed by atoms with Crippen LogP contribution in [0.4, 0.5) is 17.6 Å². The van der Waals surface area contributed by atoms with Gasteiger partial charge in [0, 0.05) is 12.6 Å². The highest BCUT2D eigenvalue weighted by Crippen LogP contribution is 2.24. The second-order valence-corrected chi connectivity index (χ2v) is 3.89. The zero-order chi connectivity index (χ0) is 14.5. The van der Waals surface area contributed by atoms with Gasteiger partial charge in [-0.15, -0.1) is 0 Å². The molecule has 0 fully saturated rings. The molecule has 1 N–H and O–H groups in total. The van der Waals surface area contributed by atoms with Crippen LogP contribution in [-0.2, 0) is 6.54 Å². The molecule has 0 saturated carbocycles. The maximum Gasteiger partial charge on any atom is 0.319 e. The number of rotatable bonds is 7. The molecule has 0 radical (unpaired) electrons. The summed E-state index contributed by atoms with van der Waals surface area (Å²) in [6, 6.07) is 4.84. The van der Waals surface area contributed by atoms with Crippen molar-refractivity contribution in [3.63, 3.8) is 0 Å². The summed E-state index contributed by atoms with van der Waals surface area (Å²) in [5.74, 6) is -3.04. The summed E-state index contributed by atoms with van der Waals surface area (Å²) >= 11 is 0. The van der Waals surface area contributed by atoms with E-state index in [1.54, 1.807) is 18.2 Å². The lowest BCUT2D eigenvalue weighted by molar-refractivity contribution is -0.125. The number of halogens is 4. The molecule has 1 rings (SSSR count). The van der Waals surface area contributed by atoms with Crippen LogP contribution < -0.4 is 14.8 Å². The van der Waals surface area contributed by atoms with Gasteiger partial charge < -0.3 is 14.8 Å². The fourth-order valence-corrected chi connectivity index (χ4v) is 1.42. The first-order valence-corrected chi connectivity index (χ1v) is 5.47. The molecule has 0 spiro atoms. The number of nitrogens with one attached hydrogen (secondary N) is 1. The minimum atomic E-state index is -4.04. The molecular formula is C12H15F4NO2. The van der Waals surface area contributed by atoms with Gasteiger partial charge in [-0.1, -0.05) is 0 Å². The number of methoxy groups -OCH3 is 2. The number of benzene rings is 1. The molecule has 3 nitrogen and oxygen atoms in total. The maximum atomic E-state index is 12.7. The second kappa shape index (κ2) is 6.60. The Bertz CT molecular complexity index is 390. The monoisotopic (exact) mass is 281 g/mol. The van der Waals surface area contributed by atoms with Crippen LogP contribution in [0.15, 0.2) is 18.2 Å². The van der Waals surface area contributed by atoms with Gasteiger partial charge >= 0.3 is 12.3 Å². The van der Waals surface area contributed by atoms with E-state index in [0.29, 0.717) is 17.1 Å². The first-order chi connectivity index (χ1) is 8.89. The first kappa shape index (κ1) is 15.6. The zero-order valence-corrected chi connectivity index (χ0v) is 10.6. The predicted molar refractivity (Wildman–Crippen MR) is 62.2 cm³/mol. The lowest BCUT2D eigenvalue weighted by Gasteiger charge is -2.16. The summed E-state index contributed by atoms with van der Waals surface area (Å²) in [6.07, 6.45) is -3.68. The normalized spacial score (nSPS) is 11.7. The predicted octanol–water partition coefficient (Wildman–Crippen LogP) is 2.69.